The van der Waals surface area contributed by atoms with Crippen molar-refractivity contribution in [3.05, 3.63) is 24.3 Å². The fraction of sp³-hybridized carbons (Fsp3) is 0.600. The van der Waals surface area contributed by atoms with Crippen LogP contribution in [0.15, 0.2) is 24.3 Å². The van der Waals surface area contributed by atoms with Crippen LogP contribution < -0.4 is 5.73 Å². The summed E-state index contributed by atoms with van der Waals surface area (Å²) in [5, 5.41) is 9.87. The third kappa shape index (κ3) is 1.99. The maximum Gasteiger partial charge on any atom is 0.117 e. The van der Waals surface area contributed by atoms with Gasteiger partial charge in [0.2, 0.25) is 0 Å². The van der Waals surface area contributed by atoms with Crippen LogP contribution in [-0.2, 0) is 4.74 Å². The number of aliphatic hydroxyl groups excluding tert-OH is 1. The smallest absolute Gasteiger partial charge is 0.117 e. The van der Waals surface area contributed by atoms with Crippen LogP contribution in [0.25, 0.3) is 0 Å². The minimum Gasteiger partial charge on any atom is -0.388 e. The minimum absolute atomic E-state index is 0.295. The monoisotopic (exact) mass is 183 g/mol. The van der Waals surface area contributed by atoms with Crippen LogP contribution in [0, 0.1) is 0 Å². The Hall–Kier alpha value is -0.640. The van der Waals surface area contributed by atoms with Crippen molar-refractivity contribution in [1.82, 2.24) is 0 Å². The van der Waals surface area contributed by atoms with E-state index in [9.17, 15) is 5.11 Å². The second-order valence-electron chi connectivity index (χ2n) is 3.45. The van der Waals surface area contributed by atoms with Crippen LogP contribution >= 0.6 is 0 Å². The van der Waals surface area contributed by atoms with E-state index in [4.69, 9.17) is 10.5 Å². The SMILES string of the molecule is COC1(C(O)C(C)N)C=CC=CC1. The third-order valence-corrected chi connectivity index (χ3v) is 2.44. The molecule has 0 radical (unpaired) electrons. The molecular weight excluding hydrogens is 166 g/mol. The van der Waals surface area contributed by atoms with Crippen LogP contribution in [0.1, 0.15) is 13.3 Å². The molecule has 0 saturated heterocycles. The number of methoxy groups -OCH3 is 1. The van der Waals surface area contributed by atoms with Gasteiger partial charge in [0.05, 0.1) is 0 Å². The lowest BCUT2D eigenvalue weighted by molar-refractivity contribution is -0.0751. The average molecular weight is 183 g/mol. The Morgan fingerprint density at radius 1 is 1.54 bits per heavy atom. The van der Waals surface area contributed by atoms with Gasteiger partial charge in [-0.05, 0) is 13.0 Å². The molecule has 0 aromatic heterocycles. The lowest BCUT2D eigenvalue weighted by Gasteiger charge is -2.36. The van der Waals surface area contributed by atoms with Crippen LogP contribution in [0.3, 0.4) is 0 Å². The molecule has 0 aromatic rings. The van der Waals surface area contributed by atoms with E-state index in [0.29, 0.717) is 6.42 Å². The van der Waals surface area contributed by atoms with E-state index in [2.05, 4.69) is 0 Å². The van der Waals surface area contributed by atoms with Gasteiger partial charge in [0.25, 0.3) is 0 Å². The van der Waals surface area contributed by atoms with Crippen LogP contribution in [0.2, 0.25) is 0 Å². The Bertz CT molecular complexity index is 223. The quantitative estimate of drug-likeness (QED) is 0.673. The normalized spacial score (nSPS) is 31.7. The van der Waals surface area contributed by atoms with E-state index < -0.39 is 11.7 Å². The molecule has 3 heteroatoms. The van der Waals surface area contributed by atoms with Gasteiger partial charge in [-0.1, -0.05) is 18.2 Å². The first-order valence-electron chi connectivity index (χ1n) is 4.45. The van der Waals surface area contributed by atoms with Crippen molar-refractivity contribution in [2.24, 2.45) is 5.73 Å². The summed E-state index contributed by atoms with van der Waals surface area (Å²) in [7, 11) is 1.59. The van der Waals surface area contributed by atoms with Gasteiger partial charge < -0.3 is 15.6 Å². The molecular formula is C10H17NO2. The summed E-state index contributed by atoms with van der Waals surface area (Å²) in [6.45, 7) is 1.78. The molecule has 1 rings (SSSR count). The lowest BCUT2D eigenvalue weighted by atomic mass is 9.86. The van der Waals surface area contributed by atoms with Crippen molar-refractivity contribution >= 4 is 0 Å². The molecule has 0 saturated carbocycles. The molecule has 0 amide bonds. The predicted octanol–water partition coefficient (Wildman–Crippen LogP) is 0.596. The predicted molar refractivity (Wildman–Crippen MR) is 52.3 cm³/mol. The third-order valence-electron chi connectivity index (χ3n) is 2.44. The van der Waals surface area contributed by atoms with Crippen molar-refractivity contribution in [1.29, 1.82) is 0 Å². The van der Waals surface area contributed by atoms with Gasteiger partial charge in [0.1, 0.15) is 11.7 Å². The molecule has 0 heterocycles. The highest BCUT2D eigenvalue weighted by atomic mass is 16.5. The molecule has 1 aliphatic carbocycles. The number of aliphatic hydroxyl groups is 1. The number of hydrogen-bond acceptors (Lipinski definition) is 3. The summed E-state index contributed by atoms with van der Waals surface area (Å²) in [5.74, 6) is 0. The second kappa shape index (κ2) is 4.05. The fourth-order valence-corrected chi connectivity index (χ4v) is 1.55. The van der Waals surface area contributed by atoms with Gasteiger partial charge in [0, 0.05) is 19.6 Å². The highest BCUT2D eigenvalue weighted by molar-refractivity contribution is 5.21. The summed E-state index contributed by atoms with van der Waals surface area (Å²) in [6, 6.07) is -0.295. The van der Waals surface area contributed by atoms with E-state index >= 15 is 0 Å². The maximum absolute atomic E-state index is 9.87. The second-order valence-corrected chi connectivity index (χ2v) is 3.45. The van der Waals surface area contributed by atoms with E-state index in [0.717, 1.165) is 0 Å². The average Bonchev–Trinajstić information content (AvgIpc) is 2.17. The summed E-state index contributed by atoms with van der Waals surface area (Å²) >= 11 is 0. The van der Waals surface area contributed by atoms with Gasteiger partial charge in [0.15, 0.2) is 0 Å². The first kappa shape index (κ1) is 10.4. The van der Waals surface area contributed by atoms with Gasteiger partial charge in [-0.2, -0.15) is 0 Å². The first-order valence-corrected chi connectivity index (χ1v) is 4.45. The first-order chi connectivity index (χ1) is 6.12. The van der Waals surface area contributed by atoms with E-state index in [1.165, 1.54) is 0 Å². The lowest BCUT2D eigenvalue weighted by Crippen LogP contribution is -2.51. The van der Waals surface area contributed by atoms with Crippen molar-refractivity contribution in [2.75, 3.05) is 7.11 Å². The van der Waals surface area contributed by atoms with Crippen molar-refractivity contribution < 1.29 is 9.84 Å². The Labute approximate surface area is 78.9 Å². The van der Waals surface area contributed by atoms with E-state index in [-0.39, 0.29) is 6.04 Å². The molecule has 0 spiro atoms. The summed E-state index contributed by atoms with van der Waals surface area (Å²) in [6.07, 6.45) is 7.64. The highest BCUT2D eigenvalue weighted by Crippen LogP contribution is 2.26. The maximum atomic E-state index is 9.87. The topological polar surface area (TPSA) is 55.5 Å². The molecule has 3 N–H and O–H groups in total. The molecule has 0 aliphatic heterocycles. The molecule has 0 fully saturated rings. The molecule has 13 heavy (non-hydrogen) atoms. The van der Waals surface area contributed by atoms with Gasteiger partial charge >= 0.3 is 0 Å². The number of allylic oxidation sites excluding steroid dienone is 2. The van der Waals surface area contributed by atoms with Crippen molar-refractivity contribution in [3.8, 4) is 0 Å². The highest BCUT2D eigenvalue weighted by Gasteiger charge is 2.37. The Kier molecular flexibility index (Phi) is 3.25. The standard InChI is InChI=1S/C10H17NO2/c1-8(11)9(12)10(13-2)6-4-3-5-7-10/h3-6,8-9,12H,7,11H2,1-2H3. The Balaban J connectivity index is 2.81. The van der Waals surface area contributed by atoms with E-state index in [1.54, 1.807) is 14.0 Å². The molecule has 3 nitrogen and oxygen atoms in total. The van der Waals surface area contributed by atoms with Gasteiger partial charge in [-0.25, -0.2) is 0 Å². The molecule has 74 valence electrons. The molecule has 1 aliphatic rings. The number of hydrogen-bond donors (Lipinski definition) is 2. The van der Waals surface area contributed by atoms with Crippen LogP contribution in [0.5, 0.6) is 0 Å². The largest absolute Gasteiger partial charge is 0.388 e. The molecule has 0 bridgehead atoms. The Morgan fingerprint density at radius 2 is 2.23 bits per heavy atom. The zero-order chi connectivity index (χ0) is 9.90. The van der Waals surface area contributed by atoms with E-state index in [1.807, 2.05) is 24.3 Å². The summed E-state index contributed by atoms with van der Waals surface area (Å²) in [4.78, 5) is 0. The van der Waals surface area contributed by atoms with Crippen LogP contribution in [-0.4, -0.2) is 30.0 Å². The zero-order valence-electron chi connectivity index (χ0n) is 8.10. The Morgan fingerprint density at radius 3 is 2.62 bits per heavy atom. The molecule has 0 aromatic carbocycles. The minimum atomic E-state index is -0.668. The van der Waals surface area contributed by atoms with Crippen LogP contribution in [0.4, 0.5) is 0 Å². The fourth-order valence-electron chi connectivity index (χ4n) is 1.55. The van der Waals surface area contributed by atoms with Gasteiger partial charge in [-0.15, -0.1) is 0 Å². The number of ether oxygens (including phenoxy) is 1. The van der Waals surface area contributed by atoms with Crippen molar-refractivity contribution in [3.63, 3.8) is 0 Å². The molecule has 3 unspecified atom stereocenters. The number of nitrogens with two attached hydrogens (primary N) is 1. The number of rotatable bonds is 3. The van der Waals surface area contributed by atoms with Gasteiger partial charge in [-0.3, -0.25) is 0 Å². The van der Waals surface area contributed by atoms with Crippen molar-refractivity contribution in [2.45, 2.75) is 31.1 Å². The summed E-state index contributed by atoms with van der Waals surface area (Å²) < 4.78 is 5.33. The zero-order valence-corrected chi connectivity index (χ0v) is 8.10. The molecule has 3 atom stereocenters. The summed E-state index contributed by atoms with van der Waals surface area (Å²) in [5.41, 5.74) is 5.00.